The first-order chi connectivity index (χ1) is 7.92. The van der Waals surface area contributed by atoms with Crippen LogP contribution in [-0.2, 0) is 20.0 Å². The molecule has 1 aromatic rings. The number of carbonyl (C=O) groups excluding carboxylic acids is 1. The molecular formula is C9H8ClFN2O4. The highest BCUT2D eigenvalue weighted by molar-refractivity contribution is 6.29. The number of ether oxygens (including phenoxy) is 1. The van der Waals surface area contributed by atoms with E-state index in [9.17, 15) is 14.0 Å². The third kappa shape index (κ3) is 2.50. The highest BCUT2D eigenvalue weighted by Crippen LogP contribution is 2.26. The Morgan fingerprint density at radius 2 is 2.18 bits per heavy atom. The van der Waals surface area contributed by atoms with Crippen molar-refractivity contribution in [2.75, 3.05) is 6.61 Å². The molecule has 0 aliphatic carbocycles. The van der Waals surface area contributed by atoms with Crippen LogP contribution in [0.2, 0.25) is 5.15 Å². The topological polar surface area (TPSA) is 89.4 Å². The van der Waals surface area contributed by atoms with Gasteiger partial charge in [0.1, 0.15) is 5.69 Å². The quantitative estimate of drug-likeness (QED) is 0.642. The summed E-state index contributed by atoms with van der Waals surface area (Å²) in [4.78, 5) is 22.2. The maximum atomic E-state index is 14.1. The average molecular weight is 263 g/mol. The first kappa shape index (κ1) is 13.3. The van der Waals surface area contributed by atoms with Crippen LogP contribution >= 0.6 is 11.6 Å². The minimum atomic E-state index is -3.38. The van der Waals surface area contributed by atoms with E-state index in [-0.39, 0.29) is 11.8 Å². The maximum Gasteiger partial charge on any atom is 0.362 e. The Kier molecular flexibility index (Phi) is 3.95. The van der Waals surface area contributed by atoms with Gasteiger partial charge in [-0.2, -0.15) is 0 Å². The van der Waals surface area contributed by atoms with Crippen molar-refractivity contribution >= 4 is 23.5 Å². The first-order valence-corrected chi connectivity index (χ1v) is 4.90. The van der Waals surface area contributed by atoms with Gasteiger partial charge in [0.25, 0.3) is 0 Å². The lowest BCUT2D eigenvalue weighted by atomic mass is 10.0. The lowest BCUT2D eigenvalue weighted by Gasteiger charge is -2.17. The van der Waals surface area contributed by atoms with Gasteiger partial charge in [-0.05, 0) is 19.1 Å². The Bertz CT molecular complexity index is 439. The highest BCUT2D eigenvalue weighted by Gasteiger charge is 2.52. The van der Waals surface area contributed by atoms with E-state index in [4.69, 9.17) is 16.7 Å². The molecule has 1 N–H and O–H groups in total. The molecule has 1 unspecified atom stereocenters. The molecule has 92 valence electrons. The van der Waals surface area contributed by atoms with Gasteiger partial charge in [-0.3, -0.25) is 0 Å². The number of rotatable bonds is 4. The van der Waals surface area contributed by atoms with E-state index in [1.807, 2.05) is 0 Å². The summed E-state index contributed by atoms with van der Waals surface area (Å²) in [6.07, 6.45) is 0. The van der Waals surface area contributed by atoms with Crippen molar-refractivity contribution < 1.29 is 23.8 Å². The zero-order valence-electron chi connectivity index (χ0n) is 8.68. The number of aliphatic carboxylic acids is 1. The molecule has 0 aliphatic heterocycles. The molecular weight excluding hydrogens is 255 g/mol. The van der Waals surface area contributed by atoms with E-state index in [2.05, 4.69) is 14.9 Å². The minimum Gasteiger partial charge on any atom is -0.478 e. The van der Waals surface area contributed by atoms with Gasteiger partial charge in [-0.15, -0.1) is 10.2 Å². The Morgan fingerprint density at radius 1 is 1.53 bits per heavy atom. The van der Waals surface area contributed by atoms with E-state index in [0.717, 1.165) is 12.1 Å². The van der Waals surface area contributed by atoms with Gasteiger partial charge in [0.05, 0.1) is 6.61 Å². The van der Waals surface area contributed by atoms with Crippen molar-refractivity contribution in [3.63, 3.8) is 0 Å². The van der Waals surface area contributed by atoms with Crippen LogP contribution in [-0.4, -0.2) is 33.8 Å². The number of halogens is 2. The second-order valence-electron chi connectivity index (χ2n) is 2.93. The lowest BCUT2D eigenvalue weighted by Crippen LogP contribution is -2.41. The van der Waals surface area contributed by atoms with Gasteiger partial charge >= 0.3 is 17.6 Å². The molecule has 0 saturated carbocycles. The molecule has 1 aromatic heterocycles. The number of esters is 1. The van der Waals surface area contributed by atoms with Crippen molar-refractivity contribution in [3.8, 4) is 0 Å². The second kappa shape index (κ2) is 5.05. The third-order valence-corrected chi connectivity index (χ3v) is 2.04. The standard InChI is InChI=1S/C9H8ClFN2O4/c1-2-17-8(16)9(11,7(14)15)5-3-4-6(10)13-12-5/h3-4H,2H2,1H3,(H,14,15). The molecule has 8 heteroatoms. The minimum absolute atomic E-state index is 0.0506. The summed E-state index contributed by atoms with van der Waals surface area (Å²) in [6.45, 7) is 1.27. The summed E-state index contributed by atoms with van der Waals surface area (Å²) in [7, 11) is 0. The fraction of sp³-hybridized carbons (Fsp3) is 0.333. The number of carbonyl (C=O) groups is 2. The zero-order chi connectivity index (χ0) is 13.1. The van der Waals surface area contributed by atoms with Crippen LogP contribution < -0.4 is 0 Å². The number of alkyl halides is 1. The van der Waals surface area contributed by atoms with E-state index in [1.165, 1.54) is 6.92 Å². The normalized spacial score (nSPS) is 13.8. The van der Waals surface area contributed by atoms with Crippen LogP contribution in [0, 0.1) is 0 Å². The smallest absolute Gasteiger partial charge is 0.362 e. The van der Waals surface area contributed by atoms with Crippen LogP contribution in [0.3, 0.4) is 0 Å². The van der Waals surface area contributed by atoms with Gasteiger partial charge < -0.3 is 9.84 Å². The van der Waals surface area contributed by atoms with Gasteiger partial charge in [0.2, 0.25) is 0 Å². The molecule has 1 atom stereocenters. The Morgan fingerprint density at radius 3 is 2.59 bits per heavy atom. The van der Waals surface area contributed by atoms with Crippen LogP contribution in [0.5, 0.6) is 0 Å². The highest BCUT2D eigenvalue weighted by atomic mass is 35.5. The predicted molar refractivity (Wildman–Crippen MR) is 54.1 cm³/mol. The monoisotopic (exact) mass is 262 g/mol. The second-order valence-corrected chi connectivity index (χ2v) is 3.31. The Labute approximate surface area is 100 Å². The molecule has 1 heterocycles. The molecule has 0 fully saturated rings. The van der Waals surface area contributed by atoms with Crippen LogP contribution in [0.25, 0.3) is 0 Å². The van der Waals surface area contributed by atoms with Gasteiger partial charge in [-0.1, -0.05) is 11.6 Å². The molecule has 0 saturated heterocycles. The Hall–Kier alpha value is -1.76. The molecule has 0 bridgehead atoms. The van der Waals surface area contributed by atoms with Gasteiger partial charge in [0.15, 0.2) is 5.15 Å². The van der Waals surface area contributed by atoms with Crippen LogP contribution in [0.15, 0.2) is 12.1 Å². The van der Waals surface area contributed by atoms with E-state index in [1.54, 1.807) is 0 Å². The average Bonchev–Trinajstić information content (AvgIpc) is 2.29. The number of hydrogen-bond donors (Lipinski definition) is 1. The number of carboxylic acids is 1. The van der Waals surface area contributed by atoms with Gasteiger partial charge in [0, 0.05) is 0 Å². The summed E-state index contributed by atoms with van der Waals surface area (Å²) in [6, 6.07) is 2.08. The van der Waals surface area contributed by atoms with Crippen LogP contribution in [0.4, 0.5) is 4.39 Å². The van der Waals surface area contributed by atoms with Crippen molar-refractivity contribution in [1.82, 2.24) is 10.2 Å². The largest absolute Gasteiger partial charge is 0.478 e. The molecule has 0 radical (unpaired) electrons. The third-order valence-electron chi connectivity index (χ3n) is 1.84. The number of aromatic nitrogens is 2. The molecule has 0 spiro atoms. The van der Waals surface area contributed by atoms with Crippen LogP contribution in [0.1, 0.15) is 12.6 Å². The van der Waals surface area contributed by atoms with Crippen molar-refractivity contribution in [3.05, 3.63) is 23.0 Å². The lowest BCUT2D eigenvalue weighted by molar-refractivity contribution is -0.172. The van der Waals surface area contributed by atoms with Crippen molar-refractivity contribution in [2.24, 2.45) is 0 Å². The molecule has 17 heavy (non-hydrogen) atoms. The SMILES string of the molecule is CCOC(=O)C(F)(C(=O)O)c1ccc(Cl)nn1. The summed E-state index contributed by atoms with van der Waals surface area (Å²) in [5.41, 5.74) is -4.07. The van der Waals surface area contributed by atoms with E-state index < -0.39 is 23.3 Å². The summed E-state index contributed by atoms with van der Waals surface area (Å²) < 4.78 is 18.5. The molecule has 0 amide bonds. The van der Waals surface area contributed by atoms with Gasteiger partial charge in [-0.25, -0.2) is 14.0 Å². The molecule has 0 aliphatic rings. The molecule has 1 rings (SSSR count). The zero-order valence-corrected chi connectivity index (χ0v) is 9.44. The fourth-order valence-corrected chi connectivity index (χ4v) is 1.13. The van der Waals surface area contributed by atoms with E-state index >= 15 is 0 Å². The van der Waals surface area contributed by atoms with E-state index in [0.29, 0.717) is 0 Å². The maximum absolute atomic E-state index is 14.1. The van der Waals surface area contributed by atoms with Crippen molar-refractivity contribution in [2.45, 2.75) is 12.6 Å². The van der Waals surface area contributed by atoms with Crippen molar-refractivity contribution in [1.29, 1.82) is 0 Å². The Balaban J connectivity index is 3.20. The summed E-state index contributed by atoms with van der Waals surface area (Å²) >= 11 is 5.42. The summed E-state index contributed by atoms with van der Waals surface area (Å²) in [5, 5.41) is 15.2. The summed E-state index contributed by atoms with van der Waals surface area (Å²) in [5.74, 6) is -3.57. The first-order valence-electron chi connectivity index (χ1n) is 4.52. The molecule has 0 aromatic carbocycles. The number of hydrogen-bond acceptors (Lipinski definition) is 5. The number of nitrogens with zero attached hydrogens (tertiary/aromatic N) is 2. The number of carboxylic acid groups (broad SMARTS) is 1. The fourth-order valence-electron chi connectivity index (χ4n) is 1.03. The predicted octanol–water partition coefficient (Wildman–Crippen LogP) is 0.943. The molecule has 6 nitrogen and oxygen atoms in total.